The maximum Gasteiger partial charge on any atom is 0.226 e. The molecule has 2 amide bonds. The van der Waals surface area contributed by atoms with E-state index in [1.54, 1.807) is 29.2 Å². The van der Waals surface area contributed by atoms with Crippen molar-refractivity contribution < 1.29 is 14.3 Å². The predicted octanol–water partition coefficient (Wildman–Crippen LogP) is 4.82. The first-order valence-electron chi connectivity index (χ1n) is 8.87. The number of hydrogen-bond donors (Lipinski definition) is 1. The number of ether oxygens (including phenoxy) is 1. The largest absolute Gasteiger partial charge is 0.489 e. The van der Waals surface area contributed by atoms with E-state index in [0.29, 0.717) is 16.5 Å². The van der Waals surface area contributed by atoms with Gasteiger partial charge in [-0.3, -0.25) is 9.59 Å². The number of anilines is 2. The summed E-state index contributed by atoms with van der Waals surface area (Å²) in [6.45, 7) is 7.50. The first kappa shape index (κ1) is 20.8. The lowest BCUT2D eigenvalue weighted by molar-refractivity contribution is -0.117. The Hall–Kier alpha value is -2.53. The summed E-state index contributed by atoms with van der Waals surface area (Å²) in [6, 6.07) is 12.6. The second-order valence-electron chi connectivity index (χ2n) is 6.56. The Bertz CT molecular complexity index is 821. The van der Waals surface area contributed by atoms with Crippen LogP contribution in [0.1, 0.15) is 32.8 Å². The third-order valence-electron chi connectivity index (χ3n) is 3.92. The molecule has 2 rings (SSSR count). The van der Waals surface area contributed by atoms with Crippen molar-refractivity contribution in [3.05, 3.63) is 53.1 Å². The lowest BCUT2D eigenvalue weighted by atomic mass is 10.1. The summed E-state index contributed by atoms with van der Waals surface area (Å²) in [7, 11) is 0. The Morgan fingerprint density at radius 3 is 2.52 bits per heavy atom. The molecule has 0 fully saturated rings. The van der Waals surface area contributed by atoms with Crippen molar-refractivity contribution in [2.45, 2.75) is 40.2 Å². The number of benzene rings is 2. The number of hydrogen-bond acceptors (Lipinski definition) is 3. The predicted molar refractivity (Wildman–Crippen MR) is 110 cm³/mol. The highest BCUT2D eigenvalue weighted by molar-refractivity contribution is 6.30. The smallest absolute Gasteiger partial charge is 0.226 e. The number of rotatable bonds is 7. The van der Waals surface area contributed by atoms with Gasteiger partial charge in [-0.15, -0.1) is 0 Å². The average Bonchev–Trinajstić information content (AvgIpc) is 2.57. The second kappa shape index (κ2) is 9.42. The van der Waals surface area contributed by atoms with E-state index in [0.717, 1.165) is 11.3 Å². The van der Waals surface area contributed by atoms with Crippen LogP contribution in [0, 0.1) is 6.92 Å². The fourth-order valence-electron chi connectivity index (χ4n) is 2.72. The molecule has 6 heteroatoms. The summed E-state index contributed by atoms with van der Waals surface area (Å²) in [4.78, 5) is 26.1. The molecule has 2 aromatic rings. The third-order valence-corrected chi connectivity index (χ3v) is 4.15. The number of carbonyl (C=O) groups is 2. The van der Waals surface area contributed by atoms with E-state index in [-0.39, 0.29) is 30.9 Å². The van der Waals surface area contributed by atoms with Gasteiger partial charge in [0.05, 0.1) is 11.8 Å². The van der Waals surface area contributed by atoms with Gasteiger partial charge in [0.1, 0.15) is 5.75 Å². The fourth-order valence-corrected chi connectivity index (χ4v) is 2.95. The summed E-state index contributed by atoms with van der Waals surface area (Å²) in [6.07, 6.45) is 0.168. The van der Waals surface area contributed by atoms with E-state index in [1.165, 1.54) is 6.92 Å². The van der Waals surface area contributed by atoms with Crippen LogP contribution in [0.15, 0.2) is 42.5 Å². The Kier molecular flexibility index (Phi) is 7.25. The number of nitrogens with zero attached hydrogens (tertiary/aromatic N) is 1. The van der Waals surface area contributed by atoms with Crippen molar-refractivity contribution in [3.8, 4) is 5.75 Å². The highest BCUT2D eigenvalue weighted by atomic mass is 35.5. The van der Waals surface area contributed by atoms with Crippen molar-refractivity contribution in [2.24, 2.45) is 0 Å². The zero-order valence-electron chi connectivity index (χ0n) is 16.1. The fraction of sp³-hybridized carbons (Fsp3) is 0.333. The van der Waals surface area contributed by atoms with Gasteiger partial charge in [0.15, 0.2) is 0 Å². The summed E-state index contributed by atoms with van der Waals surface area (Å²) < 4.78 is 5.71. The quantitative estimate of drug-likeness (QED) is 0.739. The standard InChI is InChI=1S/C21H25ClN2O3/c1-14(2)27-20-8-6-5-7-18(20)23-21(26)11-12-24(16(4)25)19-10-9-17(22)13-15(19)3/h5-10,13-14H,11-12H2,1-4H3,(H,23,26). The maximum absolute atomic E-state index is 12.4. The molecule has 0 heterocycles. The molecule has 0 saturated carbocycles. The van der Waals surface area contributed by atoms with E-state index in [9.17, 15) is 9.59 Å². The lowest BCUT2D eigenvalue weighted by Gasteiger charge is -2.23. The molecule has 0 bridgehead atoms. The molecule has 27 heavy (non-hydrogen) atoms. The van der Waals surface area contributed by atoms with Crippen LogP contribution in [0.4, 0.5) is 11.4 Å². The van der Waals surface area contributed by atoms with Gasteiger partial charge in [0.25, 0.3) is 0 Å². The average molecular weight is 389 g/mol. The van der Waals surface area contributed by atoms with Crippen molar-refractivity contribution in [2.75, 3.05) is 16.8 Å². The zero-order chi connectivity index (χ0) is 20.0. The molecule has 0 atom stereocenters. The molecule has 0 unspecified atom stereocenters. The molecule has 1 N–H and O–H groups in total. The highest BCUT2D eigenvalue weighted by Crippen LogP contribution is 2.26. The van der Waals surface area contributed by atoms with Crippen LogP contribution in [0.5, 0.6) is 5.75 Å². The van der Waals surface area contributed by atoms with E-state index in [2.05, 4.69) is 5.32 Å². The van der Waals surface area contributed by atoms with Crippen LogP contribution in [0.3, 0.4) is 0 Å². The first-order valence-corrected chi connectivity index (χ1v) is 9.25. The molecule has 0 aliphatic rings. The molecular weight excluding hydrogens is 364 g/mol. The van der Waals surface area contributed by atoms with Crippen molar-refractivity contribution in [3.63, 3.8) is 0 Å². The van der Waals surface area contributed by atoms with E-state index >= 15 is 0 Å². The molecule has 0 radical (unpaired) electrons. The van der Waals surface area contributed by atoms with Crippen LogP contribution in [0.25, 0.3) is 0 Å². The van der Waals surface area contributed by atoms with Crippen LogP contribution in [-0.2, 0) is 9.59 Å². The third kappa shape index (κ3) is 6.00. The summed E-state index contributed by atoms with van der Waals surface area (Å²) in [5.74, 6) is 0.308. The van der Waals surface area contributed by atoms with Gasteiger partial charge in [-0.1, -0.05) is 23.7 Å². The molecular formula is C21H25ClN2O3. The van der Waals surface area contributed by atoms with Crippen LogP contribution in [-0.4, -0.2) is 24.5 Å². The molecule has 5 nitrogen and oxygen atoms in total. The molecule has 0 aliphatic heterocycles. The van der Waals surface area contributed by atoms with Crippen LogP contribution < -0.4 is 15.0 Å². The second-order valence-corrected chi connectivity index (χ2v) is 7.00. The van der Waals surface area contributed by atoms with E-state index in [1.807, 2.05) is 39.0 Å². The molecule has 0 aliphatic carbocycles. The van der Waals surface area contributed by atoms with Crippen LogP contribution in [0.2, 0.25) is 5.02 Å². The lowest BCUT2D eigenvalue weighted by Crippen LogP contribution is -2.32. The normalized spacial score (nSPS) is 10.6. The van der Waals surface area contributed by atoms with Gasteiger partial charge < -0.3 is 15.0 Å². The number of para-hydroxylation sites is 2. The first-order chi connectivity index (χ1) is 12.8. The number of halogens is 1. The summed E-state index contributed by atoms with van der Waals surface area (Å²) in [5.41, 5.74) is 2.25. The molecule has 0 saturated heterocycles. The monoisotopic (exact) mass is 388 g/mol. The van der Waals surface area contributed by atoms with E-state index < -0.39 is 0 Å². The maximum atomic E-state index is 12.4. The van der Waals surface area contributed by atoms with Crippen LogP contribution >= 0.6 is 11.6 Å². The number of nitrogens with one attached hydrogen (secondary N) is 1. The number of amides is 2. The van der Waals surface area contributed by atoms with Gasteiger partial charge in [-0.25, -0.2) is 0 Å². The minimum absolute atomic E-state index is 0.00383. The van der Waals surface area contributed by atoms with Gasteiger partial charge in [-0.2, -0.15) is 0 Å². The Labute approximate surface area is 165 Å². The molecule has 0 aromatic heterocycles. The summed E-state index contributed by atoms with van der Waals surface area (Å²) >= 11 is 5.99. The SMILES string of the molecule is CC(=O)N(CCC(=O)Nc1ccccc1OC(C)C)c1ccc(Cl)cc1C. The number of carbonyl (C=O) groups excluding carboxylic acids is 2. The van der Waals surface area contributed by atoms with Gasteiger partial charge in [-0.05, 0) is 56.7 Å². The van der Waals surface area contributed by atoms with Gasteiger partial charge in [0, 0.05) is 30.6 Å². The number of aryl methyl sites for hydroxylation is 1. The van der Waals surface area contributed by atoms with Crippen molar-refractivity contribution >= 4 is 34.8 Å². The molecule has 0 spiro atoms. The van der Waals surface area contributed by atoms with Crippen molar-refractivity contribution in [1.29, 1.82) is 0 Å². The van der Waals surface area contributed by atoms with Gasteiger partial charge >= 0.3 is 0 Å². The van der Waals surface area contributed by atoms with Crippen molar-refractivity contribution in [1.82, 2.24) is 0 Å². The van der Waals surface area contributed by atoms with Gasteiger partial charge in [0.2, 0.25) is 11.8 Å². The minimum Gasteiger partial charge on any atom is -0.489 e. The molecule has 2 aromatic carbocycles. The Morgan fingerprint density at radius 2 is 1.89 bits per heavy atom. The topological polar surface area (TPSA) is 58.6 Å². The zero-order valence-corrected chi connectivity index (χ0v) is 16.8. The Morgan fingerprint density at radius 1 is 1.19 bits per heavy atom. The highest BCUT2D eigenvalue weighted by Gasteiger charge is 2.16. The Balaban J connectivity index is 2.06. The molecule has 144 valence electrons. The van der Waals surface area contributed by atoms with E-state index in [4.69, 9.17) is 16.3 Å². The summed E-state index contributed by atoms with van der Waals surface area (Å²) in [5, 5.41) is 3.47. The minimum atomic E-state index is -0.187.